The molecule has 0 radical (unpaired) electrons. The first-order chi connectivity index (χ1) is 6.67. The molecule has 0 N–H and O–H groups in total. The molecule has 1 heterocycles. The number of nitrogens with zero attached hydrogens (tertiary/aromatic N) is 1. The van der Waals surface area contributed by atoms with Crippen LogP contribution in [0.1, 0.15) is 39.5 Å². The lowest BCUT2D eigenvalue weighted by atomic mass is 9.91. The molecule has 2 rings (SSSR count). The molecular weight excluding hydrogens is 190 g/mol. The van der Waals surface area contributed by atoms with E-state index in [1.54, 1.807) is 0 Å². The molecule has 1 saturated heterocycles. The predicted molar refractivity (Wildman–Crippen MR) is 65.0 cm³/mol. The Bertz CT molecular complexity index is 200. The van der Waals surface area contributed by atoms with Crippen LogP contribution in [0.3, 0.4) is 0 Å². The molecule has 1 saturated carbocycles. The predicted octanol–water partition coefficient (Wildman–Crippen LogP) is 2.82. The van der Waals surface area contributed by atoms with Crippen LogP contribution in [0.15, 0.2) is 0 Å². The molecule has 14 heavy (non-hydrogen) atoms. The third kappa shape index (κ3) is 2.11. The first-order valence-electron chi connectivity index (χ1n) is 6.02. The minimum absolute atomic E-state index is 0.606. The van der Waals surface area contributed by atoms with Crippen molar-refractivity contribution in [2.24, 2.45) is 11.3 Å². The van der Waals surface area contributed by atoms with Crippen LogP contribution in [0.25, 0.3) is 0 Å². The Balaban J connectivity index is 1.90. The van der Waals surface area contributed by atoms with E-state index < -0.39 is 0 Å². The second-order valence-electron chi connectivity index (χ2n) is 5.49. The van der Waals surface area contributed by atoms with E-state index in [4.69, 9.17) is 0 Å². The topological polar surface area (TPSA) is 3.24 Å². The molecule has 1 aliphatic heterocycles. The van der Waals surface area contributed by atoms with Crippen LogP contribution in [0, 0.1) is 11.3 Å². The molecule has 0 amide bonds. The number of hydrogen-bond donors (Lipinski definition) is 1. The van der Waals surface area contributed by atoms with Gasteiger partial charge in [0.05, 0.1) is 0 Å². The van der Waals surface area contributed by atoms with Crippen LogP contribution in [0.4, 0.5) is 0 Å². The van der Waals surface area contributed by atoms with E-state index in [0.717, 1.165) is 17.7 Å². The monoisotopic (exact) mass is 213 g/mol. The van der Waals surface area contributed by atoms with Crippen LogP contribution < -0.4 is 0 Å². The van der Waals surface area contributed by atoms with E-state index in [9.17, 15) is 0 Å². The summed E-state index contributed by atoms with van der Waals surface area (Å²) in [7, 11) is 0. The fourth-order valence-electron chi connectivity index (χ4n) is 2.62. The number of rotatable bonds is 3. The van der Waals surface area contributed by atoms with Gasteiger partial charge in [0.1, 0.15) is 0 Å². The molecule has 0 aromatic heterocycles. The summed E-state index contributed by atoms with van der Waals surface area (Å²) in [5, 5.41) is 0. The van der Waals surface area contributed by atoms with Gasteiger partial charge in [-0.3, -0.25) is 4.90 Å². The zero-order valence-corrected chi connectivity index (χ0v) is 10.4. The molecule has 1 nitrogen and oxygen atoms in total. The van der Waals surface area contributed by atoms with E-state index >= 15 is 0 Å². The van der Waals surface area contributed by atoms with Crippen LogP contribution in [0.2, 0.25) is 0 Å². The highest BCUT2D eigenvalue weighted by Gasteiger charge is 2.43. The van der Waals surface area contributed by atoms with Crippen molar-refractivity contribution in [2.45, 2.75) is 45.6 Å². The van der Waals surface area contributed by atoms with Gasteiger partial charge in [-0.2, -0.15) is 12.6 Å². The fourth-order valence-corrected chi connectivity index (χ4v) is 3.03. The number of likely N-dealkylation sites (tertiary alicyclic amines) is 1. The molecule has 0 bridgehead atoms. The third-order valence-corrected chi connectivity index (χ3v) is 5.01. The normalized spacial score (nSPS) is 37.1. The first-order valence-corrected chi connectivity index (χ1v) is 6.65. The summed E-state index contributed by atoms with van der Waals surface area (Å²) in [6.07, 6.45) is 5.64. The van der Waals surface area contributed by atoms with Crippen molar-refractivity contribution in [1.82, 2.24) is 4.90 Å². The van der Waals surface area contributed by atoms with Crippen LogP contribution in [0.5, 0.6) is 0 Å². The zero-order chi connectivity index (χ0) is 10.2. The van der Waals surface area contributed by atoms with Gasteiger partial charge in [-0.1, -0.05) is 6.92 Å². The Morgan fingerprint density at radius 3 is 2.64 bits per heavy atom. The van der Waals surface area contributed by atoms with E-state index in [2.05, 4.69) is 31.4 Å². The summed E-state index contributed by atoms with van der Waals surface area (Å²) in [5.41, 5.74) is 0.606. The number of thiol groups is 1. The molecule has 2 fully saturated rings. The van der Waals surface area contributed by atoms with Gasteiger partial charge in [-0.25, -0.2) is 0 Å². The molecule has 0 aromatic rings. The maximum Gasteiger partial charge on any atom is 0.00928 e. The summed E-state index contributed by atoms with van der Waals surface area (Å²) < 4.78 is 0. The molecule has 2 heteroatoms. The lowest BCUT2D eigenvalue weighted by Gasteiger charge is -2.39. The first kappa shape index (κ1) is 10.8. The quantitative estimate of drug-likeness (QED) is 0.706. The Morgan fingerprint density at radius 1 is 1.36 bits per heavy atom. The van der Waals surface area contributed by atoms with Crippen molar-refractivity contribution >= 4 is 12.6 Å². The maximum absolute atomic E-state index is 4.49. The zero-order valence-electron chi connectivity index (χ0n) is 9.50. The van der Waals surface area contributed by atoms with E-state index in [0.29, 0.717) is 5.41 Å². The van der Waals surface area contributed by atoms with Crippen LogP contribution >= 0.6 is 12.6 Å². The van der Waals surface area contributed by atoms with Gasteiger partial charge >= 0.3 is 0 Å². The van der Waals surface area contributed by atoms with Gasteiger partial charge in [0.25, 0.3) is 0 Å². The smallest absolute Gasteiger partial charge is 0.00928 e. The Hall–Kier alpha value is 0.310. The summed E-state index contributed by atoms with van der Waals surface area (Å²) in [6.45, 7) is 7.43. The van der Waals surface area contributed by atoms with E-state index in [1.165, 1.54) is 38.8 Å². The molecule has 0 spiro atoms. The van der Waals surface area contributed by atoms with Gasteiger partial charge in [-0.05, 0) is 56.2 Å². The Labute approximate surface area is 93.7 Å². The minimum Gasteiger partial charge on any atom is -0.300 e. The molecule has 2 atom stereocenters. The second-order valence-corrected chi connectivity index (χ2v) is 5.80. The van der Waals surface area contributed by atoms with Crippen molar-refractivity contribution in [3.8, 4) is 0 Å². The SMILES string of the molecule is CC1CCCN(CC2(CS)CC2)C1C. The van der Waals surface area contributed by atoms with Crippen LogP contribution in [-0.2, 0) is 0 Å². The Morgan fingerprint density at radius 2 is 2.07 bits per heavy atom. The Kier molecular flexibility index (Phi) is 3.13. The summed E-state index contributed by atoms with van der Waals surface area (Å²) in [5.74, 6) is 1.98. The molecule has 2 aliphatic rings. The highest BCUT2D eigenvalue weighted by Crippen LogP contribution is 2.47. The van der Waals surface area contributed by atoms with Gasteiger partial charge in [0.2, 0.25) is 0 Å². The molecule has 0 aromatic carbocycles. The van der Waals surface area contributed by atoms with Crippen molar-refractivity contribution < 1.29 is 0 Å². The van der Waals surface area contributed by atoms with E-state index in [-0.39, 0.29) is 0 Å². The summed E-state index contributed by atoms with van der Waals surface area (Å²) in [4.78, 5) is 2.71. The average molecular weight is 213 g/mol. The molecule has 82 valence electrons. The van der Waals surface area contributed by atoms with Gasteiger partial charge in [0, 0.05) is 12.6 Å². The second kappa shape index (κ2) is 4.05. The van der Waals surface area contributed by atoms with Gasteiger partial charge in [0.15, 0.2) is 0 Å². The fraction of sp³-hybridized carbons (Fsp3) is 1.00. The third-order valence-electron chi connectivity index (χ3n) is 4.34. The highest BCUT2D eigenvalue weighted by molar-refractivity contribution is 7.80. The standard InChI is InChI=1S/C12H23NS/c1-10-4-3-7-13(11(10)2)8-12(9-14)5-6-12/h10-11,14H,3-9H2,1-2H3. The maximum atomic E-state index is 4.49. The van der Waals surface area contributed by atoms with Crippen molar-refractivity contribution in [2.75, 3.05) is 18.8 Å². The van der Waals surface area contributed by atoms with E-state index in [1.807, 2.05) is 0 Å². The molecular formula is C12H23NS. The largest absolute Gasteiger partial charge is 0.300 e. The molecule has 2 unspecified atom stereocenters. The molecule has 1 aliphatic carbocycles. The van der Waals surface area contributed by atoms with Crippen molar-refractivity contribution in [3.05, 3.63) is 0 Å². The highest BCUT2D eigenvalue weighted by atomic mass is 32.1. The van der Waals surface area contributed by atoms with Gasteiger partial charge in [-0.15, -0.1) is 0 Å². The van der Waals surface area contributed by atoms with Crippen LogP contribution in [-0.4, -0.2) is 29.8 Å². The lowest BCUT2D eigenvalue weighted by Crippen LogP contribution is -2.45. The lowest BCUT2D eigenvalue weighted by molar-refractivity contribution is 0.0944. The average Bonchev–Trinajstić information content (AvgIpc) is 2.94. The summed E-state index contributed by atoms with van der Waals surface area (Å²) >= 11 is 4.49. The summed E-state index contributed by atoms with van der Waals surface area (Å²) in [6, 6.07) is 0.793. The van der Waals surface area contributed by atoms with Crippen molar-refractivity contribution in [3.63, 3.8) is 0 Å². The van der Waals surface area contributed by atoms with Crippen molar-refractivity contribution in [1.29, 1.82) is 0 Å². The van der Waals surface area contributed by atoms with Gasteiger partial charge < -0.3 is 0 Å². The number of hydrogen-bond acceptors (Lipinski definition) is 2. The number of piperidine rings is 1. The minimum atomic E-state index is 0.606.